The molecule has 0 heterocycles. The number of hydrogen-bond acceptors (Lipinski definition) is 4. The fraction of sp³-hybridized carbons (Fsp3) is 0.941. The molecule has 0 saturated heterocycles. The maximum absolute atomic E-state index is 11.9. The predicted molar refractivity (Wildman–Crippen MR) is 87.4 cm³/mol. The second-order valence-corrected chi connectivity index (χ2v) is 6.86. The summed E-state index contributed by atoms with van der Waals surface area (Å²) in [6.07, 6.45) is 7.21. The molecule has 4 nitrogen and oxygen atoms in total. The van der Waals surface area contributed by atoms with Crippen molar-refractivity contribution >= 4 is 5.97 Å². The molecule has 1 N–H and O–H groups in total. The van der Waals surface area contributed by atoms with Gasteiger partial charge in [0.15, 0.2) is 0 Å². The first-order valence-electron chi connectivity index (χ1n) is 8.46. The minimum absolute atomic E-state index is 0.154. The molecule has 3 unspecified atom stereocenters. The van der Waals surface area contributed by atoms with E-state index in [4.69, 9.17) is 4.74 Å². The van der Waals surface area contributed by atoms with Crippen molar-refractivity contribution in [2.24, 2.45) is 5.92 Å². The van der Waals surface area contributed by atoms with Gasteiger partial charge in [0, 0.05) is 6.04 Å². The van der Waals surface area contributed by atoms with Crippen LogP contribution in [-0.2, 0) is 9.53 Å². The molecule has 4 heteroatoms. The standard InChI is InChI=1S/C17H34N2O2/c1-6-18-17(3,16(20)21-5)11-8-12-19(4)15-10-7-9-14(2)13-15/h14-15,18H,6-13H2,1-5H3. The van der Waals surface area contributed by atoms with Gasteiger partial charge in [0.1, 0.15) is 5.54 Å². The van der Waals surface area contributed by atoms with Crippen LogP contribution < -0.4 is 5.32 Å². The zero-order valence-electron chi connectivity index (χ0n) is 14.6. The van der Waals surface area contributed by atoms with Crippen LogP contribution in [0.4, 0.5) is 0 Å². The van der Waals surface area contributed by atoms with E-state index in [0.29, 0.717) is 0 Å². The number of nitrogens with one attached hydrogen (secondary N) is 1. The van der Waals surface area contributed by atoms with E-state index in [0.717, 1.165) is 37.9 Å². The molecule has 3 atom stereocenters. The minimum Gasteiger partial charge on any atom is -0.468 e. The molecule has 1 rings (SSSR count). The fourth-order valence-corrected chi connectivity index (χ4v) is 3.55. The summed E-state index contributed by atoms with van der Waals surface area (Å²) in [6, 6.07) is 0.720. The highest BCUT2D eigenvalue weighted by Gasteiger charge is 2.33. The van der Waals surface area contributed by atoms with Crippen LogP contribution in [0.2, 0.25) is 0 Å². The Bertz CT molecular complexity index is 322. The lowest BCUT2D eigenvalue weighted by molar-refractivity contribution is -0.148. The molecule has 21 heavy (non-hydrogen) atoms. The second-order valence-electron chi connectivity index (χ2n) is 6.86. The quantitative estimate of drug-likeness (QED) is 0.700. The third-order valence-electron chi connectivity index (χ3n) is 4.92. The predicted octanol–water partition coefficient (Wildman–Crippen LogP) is 2.82. The van der Waals surface area contributed by atoms with Crippen molar-refractivity contribution in [3.8, 4) is 0 Å². The highest BCUT2D eigenvalue weighted by molar-refractivity contribution is 5.80. The van der Waals surface area contributed by atoms with Crippen LogP contribution in [0, 0.1) is 5.92 Å². The summed E-state index contributed by atoms with van der Waals surface area (Å²) in [5.74, 6) is 0.701. The van der Waals surface area contributed by atoms with E-state index in [1.54, 1.807) is 0 Å². The van der Waals surface area contributed by atoms with Gasteiger partial charge in [-0.3, -0.25) is 4.79 Å². The molecular formula is C17H34N2O2. The number of hydrogen-bond donors (Lipinski definition) is 1. The van der Waals surface area contributed by atoms with Crippen molar-refractivity contribution in [1.82, 2.24) is 10.2 Å². The van der Waals surface area contributed by atoms with Crippen LogP contribution >= 0.6 is 0 Å². The van der Waals surface area contributed by atoms with Gasteiger partial charge in [0.05, 0.1) is 7.11 Å². The molecule has 1 aliphatic rings. The van der Waals surface area contributed by atoms with Gasteiger partial charge in [-0.2, -0.15) is 0 Å². The average Bonchev–Trinajstić information content (AvgIpc) is 2.46. The van der Waals surface area contributed by atoms with Gasteiger partial charge in [-0.25, -0.2) is 0 Å². The maximum atomic E-state index is 11.9. The summed E-state index contributed by atoms with van der Waals surface area (Å²) in [5, 5.41) is 3.28. The maximum Gasteiger partial charge on any atom is 0.325 e. The van der Waals surface area contributed by atoms with E-state index in [1.165, 1.54) is 32.8 Å². The molecule has 0 aromatic rings. The first-order valence-corrected chi connectivity index (χ1v) is 8.46. The largest absolute Gasteiger partial charge is 0.468 e. The number of carbonyl (C=O) groups is 1. The topological polar surface area (TPSA) is 41.6 Å². The molecule has 1 saturated carbocycles. The lowest BCUT2D eigenvalue weighted by Crippen LogP contribution is -2.50. The van der Waals surface area contributed by atoms with Gasteiger partial charge < -0.3 is 15.0 Å². The molecule has 1 fully saturated rings. The number of carbonyl (C=O) groups excluding carboxylic acids is 1. The molecular weight excluding hydrogens is 264 g/mol. The van der Waals surface area contributed by atoms with Crippen LogP contribution in [0.1, 0.15) is 59.3 Å². The minimum atomic E-state index is -0.551. The first-order chi connectivity index (χ1) is 9.92. The average molecular weight is 298 g/mol. The molecule has 0 aromatic heterocycles. The van der Waals surface area contributed by atoms with Gasteiger partial charge in [-0.15, -0.1) is 0 Å². The number of ether oxygens (including phenoxy) is 1. The van der Waals surface area contributed by atoms with Gasteiger partial charge in [-0.05, 0) is 58.7 Å². The highest BCUT2D eigenvalue weighted by Crippen LogP contribution is 2.27. The van der Waals surface area contributed by atoms with Crippen molar-refractivity contribution in [2.75, 3.05) is 27.2 Å². The summed E-state index contributed by atoms with van der Waals surface area (Å²) in [5.41, 5.74) is -0.551. The van der Waals surface area contributed by atoms with Crippen LogP contribution in [-0.4, -0.2) is 49.7 Å². The SMILES string of the molecule is CCNC(C)(CCCN(C)C1CCCC(C)C1)C(=O)OC. The molecule has 124 valence electrons. The number of esters is 1. The summed E-state index contributed by atoms with van der Waals surface area (Å²) in [4.78, 5) is 14.4. The first kappa shape index (κ1) is 18.4. The second kappa shape index (κ2) is 8.74. The molecule has 0 amide bonds. The monoisotopic (exact) mass is 298 g/mol. The van der Waals surface area contributed by atoms with Crippen LogP contribution in [0.15, 0.2) is 0 Å². The Labute approximate surface area is 130 Å². The number of likely N-dealkylation sites (N-methyl/N-ethyl adjacent to an activating group) is 1. The van der Waals surface area contributed by atoms with Crippen LogP contribution in [0.5, 0.6) is 0 Å². The molecule has 0 aliphatic heterocycles. The molecule has 0 radical (unpaired) electrons. The Kier molecular flexibility index (Phi) is 7.67. The summed E-state index contributed by atoms with van der Waals surface area (Å²) in [6.45, 7) is 8.16. The van der Waals surface area contributed by atoms with Gasteiger partial charge >= 0.3 is 5.97 Å². The van der Waals surface area contributed by atoms with E-state index in [2.05, 4.69) is 24.2 Å². The van der Waals surface area contributed by atoms with Crippen LogP contribution in [0.3, 0.4) is 0 Å². The Morgan fingerprint density at radius 3 is 2.71 bits per heavy atom. The lowest BCUT2D eigenvalue weighted by atomic mass is 9.86. The van der Waals surface area contributed by atoms with Crippen molar-refractivity contribution in [1.29, 1.82) is 0 Å². The highest BCUT2D eigenvalue weighted by atomic mass is 16.5. The Balaban J connectivity index is 2.40. The third kappa shape index (κ3) is 5.59. The lowest BCUT2D eigenvalue weighted by Gasteiger charge is -2.35. The Morgan fingerprint density at radius 2 is 2.14 bits per heavy atom. The zero-order chi connectivity index (χ0) is 15.9. The zero-order valence-corrected chi connectivity index (χ0v) is 14.6. The molecule has 1 aliphatic carbocycles. The number of methoxy groups -OCH3 is 1. The smallest absolute Gasteiger partial charge is 0.325 e. The fourth-order valence-electron chi connectivity index (χ4n) is 3.55. The van der Waals surface area contributed by atoms with Crippen molar-refractivity contribution in [2.45, 2.75) is 70.9 Å². The third-order valence-corrected chi connectivity index (χ3v) is 4.92. The van der Waals surface area contributed by atoms with E-state index in [-0.39, 0.29) is 5.97 Å². The van der Waals surface area contributed by atoms with Crippen LogP contribution in [0.25, 0.3) is 0 Å². The normalized spacial score (nSPS) is 25.6. The number of rotatable bonds is 8. The molecule has 0 bridgehead atoms. The Hall–Kier alpha value is -0.610. The van der Waals surface area contributed by atoms with E-state index in [9.17, 15) is 4.79 Å². The van der Waals surface area contributed by atoms with E-state index < -0.39 is 5.54 Å². The summed E-state index contributed by atoms with van der Waals surface area (Å²) in [7, 11) is 3.69. The van der Waals surface area contributed by atoms with Gasteiger partial charge in [-0.1, -0.05) is 26.7 Å². The van der Waals surface area contributed by atoms with E-state index >= 15 is 0 Å². The number of nitrogens with zero attached hydrogens (tertiary/aromatic N) is 1. The molecule has 0 spiro atoms. The van der Waals surface area contributed by atoms with Crippen molar-refractivity contribution in [3.05, 3.63) is 0 Å². The van der Waals surface area contributed by atoms with Crippen molar-refractivity contribution in [3.63, 3.8) is 0 Å². The molecule has 0 aromatic carbocycles. The Morgan fingerprint density at radius 1 is 1.43 bits per heavy atom. The summed E-state index contributed by atoms with van der Waals surface area (Å²) < 4.78 is 4.94. The van der Waals surface area contributed by atoms with Gasteiger partial charge in [0.25, 0.3) is 0 Å². The van der Waals surface area contributed by atoms with Crippen molar-refractivity contribution < 1.29 is 9.53 Å². The van der Waals surface area contributed by atoms with E-state index in [1.807, 2.05) is 13.8 Å². The summed E-state index contributed by atoms with van der Waals surface area (Å²) >= 11 is 0. The van der Waals surface area contributed by atoms with Gasteiger partial charge in [0.2, 0.25) is 0 Å².